The lowest BCUT2D eigenvalue weighted by Crippen LogP contribution is -2.32. The summed E-state index contributed by atoms with van der Waals surface area (Å²) < 4.78 is 0. The van der Waals surface area contributed by atoms with Crippen molar-refractivity contribution in [1.82, 2.24) is 0 Å². The van der Waals surface area contributed by atoms with Crippen LogP contribution in [0.25, 0.3) is 0 Å². The van der Waals surface area contributed by atoms with E-state index in [2.05, 4.69) is 0 Å². The monoisotopic (exact) mass is 332 g/mol. The summed E-state index contributed by atoms with van der Waals surface area (Å²) in [7, 11) is 0. The Bertz CT molecular complexity index is 502. The summed E-state index contributed by atoms with van der Waals surface area (Å²) in [6.45, 7) is 2.90. The van der Waals surface area contributed by atoms with E-state index in [-0.39, 0.29) is 24.6 Å². The summed E-state index contributed by atoms with van der Waals surface area (Å²) in [4.78, 5) is 31.0. The van der Waals surface area contributed by atoms with Gasteiger partial charge in [-0.15, -0.1) is 12.4 Å². The van der Waals surface area contributed by atoms with Gasteiger partial charge >= 0.3 is 11.9 Å². The van der Waals surface area contributed by atoms with Crippen LogP contribution in [0.15, 0.2) is 24.3 Å². The van der Waals surface area contributed by atoms with Crippen molar-refractivity contribution >= 4 is 30.1 Å². The Labute approximate surface area is 134 Å². The van der Waals surface area contributed by atoms with Crippen LogP contribution in [0.1, 0.15) is 29.8 Å². The normalized spacial score (nSPS) is 12.0. The topological polar surface area (TPSA) is 144 Å². The predicted octanol–water partition coefficient (Wildman–Crippen LogP) is 0.684. The third-order valence-electron chi connectivity index (χ3n) is 2.52. The molecule has 1 unspecified atom stereocenters. The van der Waals surface area contributed by atoms with Crippen LogP contribution in [0, 0.1) is 0 Å². The number of rotatable bonds is 5. The van der Waals surface area contributed by atoms with Crippen LogP contribution in [-0.2, 0) is 16.0 Å². The second kappa shape index (κ2) is 10.7. The van der Waals surface area contributed by atoms with Gasteiger partial charge in [-0.3, -0.25) is 14.4 Å². The van der Waals surface area contributed by atoms with Gasteiger partial charge in [0.1, 0.15) is 12.1 Å². The molecule has 0 spiro atoms. The fraction of sp³-hybridized carbons (Fsp3) is 0.357. The maximum Gasteiger partial charge on any atom is 0.320 e. The van der Waals surface area contributed by atoms with Gasteiger partial charge in [-0.05, 0) is 25.8 Å². The smallest absolute Gasteiger partial charge is 0.320 e. The van der Waals surface area contributed by atoms with Crippen molar-refractivity contribution in [3.8, 4) is 0 Å². The van der Waals surface area contributed by atoms with Crippen molar-refractivity contribution in [3.05, 3.63) is 35.4 Å². The zero-order valence-electron chi connectivity index (χ0n) is 12.4. The highest BCUT2D eigenvalue weighted by Crippen LogP contribution is 2.07. The predicted molar refractivity (Wildman–Crippen MR) is 84.3 cm³/mol. The van der Waals surface area contributed by atoms with Gasteiger partial charge in [-0.1, -0.05) is 24.3 Å². The van der Waals surface area contributed by atoms with E-state index in [1.807, 2.05) is 0 Å². The molecule has 2 atom stereocenters. The first-order valence-electron chi connectivity index (χ1n) is 6.21. The molecular weight excluding hydrogens is 312 g/mol. The summed E-state index contributed by atoms with van der Waals surface area (Å²) in [5.74, 6) is -2.00. The molecule has 0 aliphatic carbocycles. The van der Waals surface area contributed by atoms with Crippen molar-refractivity contribution in [3.63, 3.8) is 0 Å². The standard InChI is InChI=1S/C11H13NO3.C3H7NO2.ClH/c1-7(13)9-4-2-8(3-5-9)6-10(12)11(14)15;1-2(4)3(5)6;/h2-5,10H,6,12H2,1H3,(H,14,15);2H,4H2,1H3,(H,5,6);1H/t;2-;/m.0./s1. The number of aliphatic carboxylic acids is 2. The quantitative estimate of drug-likeness (QED) is 0.580. The second-order valence-corrected chi connectivity index (χ2v) is 4.53. The van der Waals surface area contributed by atoms with Crippen LogP contribution < -0.4 is 11.5 Å². The molecule has 0 heterocycles. The van der Waals surface area contributed by atoms with Crippen molar-refractivity contribution < 1.29 is 24.6 Å². The van der Waals surface area contributed by atoms with E-state index < -0.39 is 24.0 Å². The number of hydrogen-bond acceptors (Lipinski definition) is 5. The lowest BCUT2D eigenvalue weighted by molar-refractivity contribution is -0.139. The molecule has 0 fully saturated rings. The van der Waals surface area contributed by atoms with Crippen molar-refractivity contribution in [2.24, 2.45) is 11.5 Å². The highest BCUT2D eigenvalue weighted by Gasteiger charge is 2.11. The van der Waals surface area contributed by atoms with E-state index in [0.29, 0.717) is 5.56 Å². The number of carboxylic acids is 2. The zero-order chi connectivity index (χ0) is 16.6. The Hall–Kier alpha value is -1.96. The first kappa shape index (κ1) is 22.3. The van der Waals surface area contributed by atoms with Crippen LogP contribution >= 0.6 is 12.4 Å². The Morgan fingerprint density at radius 1 is 1.05 bits per heavy atom. The number of carboxylic acid groups (broad SMARTS) is 2. The van der Waals surface area contributed by atoms with Crippen LogP contribution in [0.5, 0.6) is 0 Å². The minimum atomic E-state index is -1.02. The molecule has 1 aromatic rings. The minimum Gasteiger partial charge on any atom is -0.480 e. The molecule has 6 N–H and O–H groups in total. The molecule has 1 rings (SSSR count). The van der Waals surface area contributed by atoms with Gasteiger partial charge < -0.3 is 21.7 Å². The van der Waals surface area contributed by atoms with E-state index in [0.717, 1.165) is 5.56 Å². The van der Waals surface area contributed by atoms with Crippen LogP contribution in [0.4, 0.5) is 0 Å². The summed E-state index contributed by atoms with van der Waals surface area (Å²) in [6.07, 6.45) is 0.271. The first-order valence-corrected chi connectivity index (χ1v) is 6.21. The molecule has 0 amide bonds. The highest BCUT2D eigenvalue weighted by molar-refractivity contribution is 5.94. The lowest BCUT2D eigenvalue weighted by Gasteiger charge is -2.06. The van der Waals surface area contributed by atoms with E-state index in [9.17, 15) is 14.4 Å². The third-order valence-corrected chi connectivity index (χ3v) is 2.52. The molecule has 0 aliphatic heterocycles. The lowest BCUT2D eigenvalue weighted by atomic mass is 10.0. The van der Waals surface area contributed by atoms with Gasteiger partial charge in [-0.2, -0.15) is 0 Å². The average molecular weight is 333 g/mol. The maximum atomic E-state index is 11.0. The highest BCUT2D eigenvalue weighted by atomic mass is 35.5. The molecular formula is C14H21ClN2O5. The minimum absolute atomic E-state index is 0. The summed E-state index contributed by atoms with van der Waals surface area (Å²) in [5.41, 5.74) is 11.6. The summed E-state index contributed by atoms with van der Waals surface area (Å²) >= 11 is 0. The van der Waals surface area contributed by atoms with Gasteiger partial charge in [0, 0.05) is 5.56 Å². The van der Waals surface area contributed by atoms with E-state index in [1.54, 1.807) is 24.3 Å². The number of carbonyl (C=O) groups is 3. The average Bonchev–Trinajstić information content (AvgIpc) is 2.39. The number of nitrogens with two attached hydrogens (primary N) is 2. The molecule has 8 heteroatoms. The molecule has 0 bridgehead atoms. The maximum absolute atomic E-state index is 11.0. The van der Waals surface area contributed by atoms with Crippen LogP contribution in [0.2, 0.25) is 0 Å². The van der Waals surface area contributed by atoms with E-state index in [4.69, 9.17) is 21.7 Å². The SMILES string of the molecule is CC(=O)c1ccc(CC(N)C(=O)O)cc1.C[C@H](N)C(=O)O.Cl. The second-order valence-electron chi connectivity index (χ2n) is 4.53. The molecule has 0 saturated carbocycles. The van der Waals surface area contributed by atoms with Crippen LogP contribution in [0.3, 0.4) is 0 Å². The molecule has 22 heavy (non-hydrogen) atoms. The van der Waals surface area contributed by atoms with Crippen molar-refractivity contribution in [1.29, 1.82) is 0 Å². The molecule has 0 aliphatic rings. The molecule has 7 nitrogen and oxygen atoms in total. The van der Waals surface area contributed by atoms with Gasteiger partial charge in [0.2, 0.25) is 0 Å². The fourth-order valence-corrected chi connectivity index (χ4v) is 1.22. The molecule has 0 radical (unpaired) electrons. The third kappa shape index (κ3) is 9.06. The van der Waals surface area contributed by atoms with Gasteiger partial charge in [0.25, 0.3) is 0 Å². The number of carbonyl (C=O) groups excluding carboxylic acids is 1. The summed E-state index contributed by atoms with van der Waals surface area (Å²) in [6, 6.07) is 5.16. The number of Topliss-reactive ketones (excluding diaryl/α,β-unsaturated/α-hetero) is 1. The van der Waals surface area contributed by atoms with Crippen molar-refractivity contribution in [2.45, 2.75) is 32.4 Å². The Balaban J connectivity index is 0. The van der Waals surface area contributed by atoms with Gasteiger partial charge in [0.15, 0.2) is 5.78 Å². The van der Waals surface area contributed by atoms with Gasteiger partial charge in [-0.25, -0.2) is 0 Å². The molecule has 124 valence electrons. The Morgan fingerprint density at radius 2 is 1.45 bits per heavy atom. The fourth-order valence-electron chi connectivity index (χ4n) is 1.22. The molecule has 0 saturated heterocycles. The summed E-state index contributed by atoms with van der Waals surface area (Å²) in [5, 5.41) is 16.5. The van der Waals surface area contributed by atoms with Gasteiger partial charge in [0.05, 0.1) is 0 Å². The first-order chi connectivity index (χ1) is 9.65. The number of halogens is 1. The number of ketones is 1. The van der Waals surface area contributed by atoms with Crippen LogP contribution in [-0.4, -0.2) is 40.0 Å². The largest absolute Gasteiger partial charge is 0.480 e. The zero-order valence-corrected chi connectivity index (χ0v) is 13.2. The van der Waals surface area contributed by atoms with Crippen molar-refractivity contribution in [2.75, 3.05) is 0 Å². The Morgan fingerprint density at radius 3 is 1.73 bits per heavy atom. The van der Waals surface area contributed by atoms with E-state index >= 15 is 0 Å². The molecule has 0 aromatic heterocycles. The van der Waals surface area contributed by atoms with E-state index in [1.165, 1.54) is 13.8 Å². The number of benzene rings is 1. The molecule has 1 aromatic carbocycles. The number of hydrogen-bond donors (Lipinski definition) is 4. The Kier molecular flexibility index (Phi) is 10.9.